The quantitative estimate of drug-likeness (QED) is 0.694. The Morgan fingerprint density at radius 3 is 2.24 bits per heavy atom. The molecule has 1 atom stereocenters. The summed E-state index contributed by atoms with van der Waals surface area (Å²) in [5.74, 6) is -0.0712. The summed E-state index contributed by atoms with van der Waals surface area (Å²) in [6.07, 6.45) is 4.89. The molecule has 0 aromatic rings. The van der Waals surface area contributed by atoms with Crippen LogP contribution in [0.2, 0.25) is 0 Å². The Hall–Kier alpha value is -0.570. The summed E-state index contributed by atoms with van der Waals surface area (Å²) in [7, 11) is 0. The monoisotopic (exact) mass is 239 g/mol. The molecule has 2 aliphatic rings. The summed E-state index contributed by atoms with van der Waals surface area (Å²) in [5.41, 5.74) is -0.242. The van der Waals surface area contributed by atoms with Crippen molar-refractivity contribution < 1.29 is 9.53 Å². The van der Waals surface area contributed by atoms with Gasteiger partial charge in [0.1, 0.15) is 6.10 Å². The van der Waals surface area contributed by atoms with Crippen molar-refractivity contribution in [3.63, 3.8) is 0 Å². The first-order valence-corrected chi connectivity index (χ1v) is 6.82. The number of carbonyl (C=O) groups is 1. The largest absolute Gasteiger partial charge is 0.460 e. The third kappa shape index (κ3) is 2.22. The zero-order valence-electron chi connectivity index (χ0n) is 11.6. The normalized spacial score (nSPS) is 25.6. The lowest BCUT2D eigenvalue weighted by molar-refractivity contribution is -0.164. The third-order valence-electron chi connectivity index (χ3n) is 4.36. The van der Waals surface area contributed by atoms with Crippen molar-refractivity contribution in [3.8, 4) is 0 Å². The highest BCUT2D eigenvalue weighted by molar-refractivity contribution is 5.75. The molecule has 0 aromatic heterocycles. The first-order chi connectivity index (χ1) is 7.86. The molecule has 0 radical (unpaired) electrons. The molecule has 0 bridgehead atoms. The maximum Gasteiger partial charge on any atom is 0.311 e. The molecule has 17 heavy (non-hydrogen) atoms. The molecule has 2 saturated heterocycles. The number of ether oxygens (including phenoxy) is 1. The van der Waals surface area contributed by atoms with Gasteiger partial charge in [-0.1, -0.05) is 0 Å². The standard InChI is InChI=1S/C14H25NO2/c1-11(17-12(16)13(2,3)4)14-7-5-9-15(14)10-6-8-14/h11H,5-10H2,1-4H3. The first kappa shape index (κ1) is 12.9. The fraction of sp³-hybridized carbons (Fsp3) is 0.929. The van der Waals surface area contributed by atoms with Crippen LogP contribution in [-0.4, -0.2) is 35.6 Å². The molecule has 0 amide bonds. The van der Waals surface area contributed by atoms with Crippen molar-refractivity contribution in [2.24, 2.45) is 5.41 Å². The summed E-state index contributed by atoms with van der Waals surface area (Å²) in [6.45, 7) is 10.2. The van der Waals surface area contributed by atoms with E-state index >= 15 is 0 Å². The molecule has 3 heteroatoms. The average molecular weight is 239 g/mol. The highest BCUT2D eigenvalue weighted by atomic mass is 16.5. The van der Waals surface area contributed by atoms with Gasteiger partial charge < -0.3 is 4.74 Å². The number of nitrogens with zero attached hydrogens (tertiary/aromatic N) is 1. The molecule has 0 N–H and O–H groups in total. The number of hydrogen-bond donors (Lipinski definition) is 0. The van der Waals surface area contributed by atoms with Crippen LogP contribution in [0.5, 0.6) is 0 Å². The molecule has 1 unspecified atom stereocenters. The molecule has 2 aliphatic heterocycles. The van der Waals surface area contributed by atoms with E-state index in [-0.39, 0.29) is 17.6 Å². The van der Waals surface area contributed by atoms with Crippen molar-refractivity contribution in [2.45, 2.75) is 65.0 Å². The summed E-state index contributed by atoms with van der Waals surface area (Å²) in [6, 6.07) is 0. The molecular weight excluding hydrogens is 214 g/mol. The Labute approximate surface area is 105 Å². The van der Waals surface area contributed by atoms with E-state index in [4.69, 9.17) is 4.74 Å². The van der Waals surface area contributed by atoms with Crippen LogP contribution in [0.1, 0.15) is 53.4 Å². The van der Waals surface area contributed by atoms with Gasteiger partial charge in [-0.25, -0.2) is 0 Å². The molecule has 0 saturated carbocycles. The number of rotatable bonds is 2. The highest BCUT2D eigenvalue weighted by Gasteiger charge is 2.50. The van der Waals surface area contributed by atoms with Crippen LogP contribution in [-0.2, 0) is 9.53 Å². The van der Waals surface area contributed by atoms with Crippen LogP contribution in [0.15, 0.2) is 0 Å². The third-order valence-corrected chi connectivity index (χ3v) is 4.36. The van der Waals surface area contributed by atoms with Crippen LogP contribution in [0, 0.1) is 5.41 Å². The summed E-state index contributed by atoms with van der Waals surface area (Å²) in [5, 5.41) is 0. The van der Waals surface area contributed by atoms with Crippen LogP contribution in [0.3, 0.4) is 0 Å². The van der Waals surface area contributed by atoms with Gasteiger partial charge in [0.15, 0.2) is 0 Å². The van der Waals surface area contributed by atoms with E-state index in [1.165, 1.54) is 38.8 Å². The summed E-state index contributed by atoms with van der Waals surface area (Å²) >= 11 is 0. The fourth-order valence-corrected chi connectivity index (χ4v) is 3.26. The van der Waals surface area contributed by atoms with Gasteiger partial charge in [-0.2, -0.15) is 0 Å². The van der Waals surface area contributed by atoms with Gasteiger partial charge in [-0.15, -0.1) is 0 Å². The van der Waals surface area contributed by atoms with Gasteiger partial charge >= 0.3 is 5.97 Å². The number of fused-ring (bicyclic) bond motifs is 1. The predicted octanol–water partition coefficient (Wildman–Crippen LogP) is 2.59. The van der Waals surface area contributed by atoms with E-state index in [1.54, 1.807) is 0 Å². The van der Waals surface area contributed by atoms with Crippen molar-refractivity contribution in [1.29, 1.82) is 0 Å². The molecule has 3 nitrogen and oxygen atoms in total. The van der Waals surface area contributed by atoms with E-state index < -0.39 is 5.41 Å². The SMILES string of the molecule is CC(OC(=O)C(C)(C)C)C12CCCN1CCC2. The molecule has 98 valence electrons. The number of hydrogen-bond acceptors (Lipinski definition) is 3. The molecule has 2 heterocycles. The minimum atomic E-state index is -0.396. The second-order valence-electron chi connectivity index (χ2n) is 6.60. The second kappa shape index (κ2) is 4.27. The van der Waals surface area contributed by atoms with E-state index in [0.717, 1.165) is 0 Å². The van der Waals surface area contributed by atoms with Crippen molar-refractivity contribution in [1.82, 2.24) is 4.90 Å². The average Bonchev–Trinajstić information content (AvgIpc) is 2.73. The topological polar surface area (TPSA) is 29.5 Å². The molecule has 2 rings (SSSR count). The Morgan fingerprint density at radius 1 is 1.24 bits per heavy atom. The van der Waals surface area contributed by atoms with E-state index in [2.05, 4.69) is 11.8 Å². The molecule has 2 fully saturated rings. The fourth-order valence-electron chi connectivity index (χ4n) is 3.26. The molecule has 0 aliphatic carbocycles. The number of carbonyl (C=O) groups excluding carboxylic acids is 1. The maximum atomic E-state index is 12.0. The smallest absolute Gasteiger partial charge is 0.311 e. The van der Waals surface area contributed by atoms with E-state index in [1.807, 2.05) is 20.8 Å². The summed E-state index contributed by atoms with van der Waals surface area (Å²) < 4.78 is 5.72. The van der Waals surface area contributed by atoms with Gasteiger partial charge in [-0.3, -0.25) is 9.69 Å². The van der Waals surface area contributed by atoms with Gasteiger partial charge in [0.25, 0.3) is 0 Å². The lowest BCUT2D eigenvalue weighted by atomic mass is 9.88. The predicted molar refractivity (Wildman–Crippen MR) is 67.8 cm³/mol. The molecule has 0 aromatic carbocycles. The summed E-state index contributed by atoms with van der Waals surface area (Å²) in [4.78, 5) is 14.5. The lowest BCUT2D eigenvalue weighted by Crippen LogP contribution is -2.50. The van der Waals surface area contributed by atoms with Crippen molar-refractivity contribution in [3.05, 3.63) is 0 Å². The molecular formula is C14H25NO2. The van der Waals surface area contributed by atoms with E-state index in [9.17, 15) is 4.79 Å². The van der Waals surface area contributed by atoms with Crippen molar-refractivity contribution >= 4 is 5.97 Å². The Bertz CT molecular complexity index is 296. The van der Waals surface area contributed by atoms with Gasteiger partial charge in [0.05, 0.1) is 11.0 Å². The lowest BCUT2D eigenvalue weighted by Gasteiger charge is -2.38. The minimum Gasteiger partial charge on any atom is -0.460 e. The van der Waals surface area contributed by atoms with Gasteiger partial charge in [0.2, 0.25) is 0 Å². The minimum absolute atomic E-state index is 0.0271. The molecule has 0 spiro atoms. The van der Waals surface area contributed by atoms with Gasteiger partial charge in [-0.05, 0) is 66.5 Å². The zero-order chi connectivity index (χ0) is 12.7. The Morgan fingerprint density at radius 2 is 1.76 bits per heavy atom. The first-order valence-electron chi connectivity index (χ1n) is 6.82. The second-order valence-corrected chi connectivity index (χ2v) is 6.60. The van der Waals surface area contributed by atoms with Crippen LogP contribution in [0.4, 0.5) is 0 Å². The van der Waals surface area contributed by atoms with Crippen molar-refractivity contribution in [2.75, 3.05) is 13.1 Å². The number of esters is 1. The Balaban J connectivity index is 2.05. The van der Waals surface area contributed by atoms with Crippen LogP contribution < -0.4 is 0 Å². The van der Waals surface area contributed by atoms with Crippen LogP contribution in [0.25, 0.3) is 0 Å². The van der Waals surface area contributed by atoms with E-state index in [0.29, 0.717) is 0 Å². The zero-order valence-corrected chi connectivity index (χ0v) is 11.6. The Kier molecular flexibility index (Phi) is 3.23. The van der Waals surface area contributed by atoms with Gasteiger partial charge in [0, 0.05) is 0 Å². The maximum absolute atomic E-state index is 12.0. The highest BCUT2D eigenvalue weighted by Crippen LogP contribution is 2.42. The van der Waals surface area contributed by atoms with Crippen LogP contribution >= 0.6 is 0 Å².